The molecule has 0 aromatic carbocycles. The third kappa shape index (κ3) is 1.88. The lowest BCUT2D eigenvalue weighted by Gasteiger charge is -2.50. The molecule has 2 atom stereocenters. The standard InChI is InChI=1S/C12H22O4/c1-3-11(7-14-8-11)9-16-12(4-2)10(5-13)6-15-12/h10,13H,3-9H2,1-2H3. The van der Waals surface area contributed by atoms with Crippen molar-refractivity contribution in [3.63, 3.8) is 0 Å². The lowest BCUT2D eigenvalue weighted by atomic mass is 9.83. The average Bonchev–Trinajstić information content (AvgIpc) is 2.22. The van der Waals surface area contributed by atoms with Gasteiger partial charge < -0.3 is 19.3 Å². The monoisotopic (exact) mass is 230 g/mol. The summed E-state index contributed by atoms with van der Waals surface area (Å²) in [6.45, 7) is 7.20. The first kappa shape index (κ1) is 12.3. The van der Waals surface area contributed by atoms with Gasteiger partial charge in [-0.1, -0.05) is 13.8 Å². The van der Waals surface area contributed by atoms with Crippen LogP contribution in [-0.2, 0) is 14.2 Å². The van der Waals surface area contributed by atoms with E-state index in [9.17, 15) is 5.11 Å². The zero-order chi connectivity index (χ0) is 11.6. The van der Waals surface area contributed by atoms with Crippen molar-refractivity contribution in [3.8, 4) is 0 Å². The molecular formula is C12H22O4. The quantitative estimate of drug-likeness (QED) is 0.744. The van der Waals surface area contributed by atoms with E-state index in [0.29, 0.717) is 13.2 Å². The van der Waals surface area contributed by atoms with Crippen molar-refractivity contribution in [2.24, 2.45) is 11.3 Å². The summed E-state index contributed by atoms with van der Waals surface area (Å²) < 4.78 is 16.8. The number of aliphatic hydroxyl groups excluding tert-OH is 1. The van der Waals surface area contributed by atoms with Gasteiger partial charge >= 0.3 is 0 Å². The Labute approximate surface area is 96.9 Å². The number of rotatable bonds is 6. The average molecular weight is 230 g/mol. The number of ether oxygens (including phenoxy) is 3. The summed E-state index contributed by atoms with van der Waals surface area (Å²) in [6, 6.07) is 0. The van der Waals surface area contributed by atoms with E-state index in [1.165, 1.54) is 0 Å². The van der Waals surface area contributed by atoms with Crippen molar-refractivity contribution in [1.29, 1.82) is 0 Å². The van der Waals surface area contributed by atoms with Gasteiger partial charge in [-0.15, -0.1) is 0 Å². The van der Waals surface area contributed by atoms with E-state index in [2.05, 4.69) is 6.92 Å². The smallest absolute Gasteiger partial charge is 0.175 e. The number of hydrogen-bond acceptors (Lipinski definition) is 4. The Morgan fingerprint density at radius 2 is 2.06 bits per heavy atom. The van der Waals surface area contributed by atoms with Crippen LogP contribution in [0.3, 0.4) is 0 Å². The van der Waals surface area contributed by atoms with Crippen molar-refractivity contribution in [2.45, 2.75) is 32.5 Å². The SMILES string of the molecule is CCC1(COC2(CC)OCC2CO)COC1. The van der Waals surface area contributed by atoms with Crippen molar-refractivity contribution in [2.75, 3.05) is 33.0 Å². The second kappa shape index (κ2) is 4.61. The molecular weight excluding hydrogens is 208 g/mol. The van der Waals surface area contributed by atoms with E-state index in [-0.39, 0.29) is 17.9 Å². The molecule has 0 bridgehead atoms. The van der Waals surface area contributed by atoms with E-state index in [1.54, 1.807) is 0 Å². The highest BCUT2D eigenvalue weighted by Gasteiger charge is 2.50. The molecule has 4 nitrogen and oxygen atoms in total. The van der Waals surface area contributed by atoms with Crippen molar-refractivity contribution >= 4 is 0 Å². The highest BCUT2D eigenvalue weighted by atomic mass is 16.7. The maximum absolute atomic E-state index is 9.23. The molecule has 2 fully saturated rings. The van der Waals surface area contributed by atoms with Crippen LogP contribution < -0.4 is 0 Å². The predicted octanol–water partition coefficient (Wildman–Crippen LogP) is 1.17. The lowest BCUT2D eigenvalue weighted by Crippen LogP contribution is -2.59. The summed E-state index contributed by atoms with van der Waals surface area (Å²) in [6.07, 6.45) is 1.86. The van der Waals surface area contributed by atoms with E-state index in [4.69, 9.17) is 14.2 Å². The summed E-state index contributed by atoms with van der Waals surface area (Å²) in [5.74, 6) is -0.403. The van der Waals surface area contributed by atoms with Crippen LogP contribution in [0.2, 0.25) is 0 Å². The fraction of sp³-hybridized carbons (Fsp3) is 1.00. The van der Waals surface area contributed by atoms with E-state index in [0.717, 1.165) is 26.1 Å². The highest BCUT2D eigenvalue weighted by Crippen LogP contribution is 2.40. The number of aliphatic hydroxyl groups is 1. The molecule has 2 unspecified atom stereocenters. The van der Waals surface area contributed by atoms with Gasteiger partial charge in [0.1, 0.15) is 0 Å². The number of hydrogen-bond donors (Lipinski definition) is 1. The molecule has 2 heterocycles. The van der Waals surface area contributed by atoms with Gasteiger partial charge in [0.05, 0.1) is 39.0 Å². The minimum absolute atomic E-state index is 0.132. The molecule has 2 aliphatic rings. The van der Waals surface area contributed by atoms with Gasteiger partial charge in [0, 0.05) is 5.41 Å². The van der Waals surface area contributed by atoms with Crippen LogP contribution in [0.5, 0.6) is 0 Å². The van der Waals surface area contributed by atoms with Crippen LogP contribution in [0.15, 0.2) is 0 Å². The van der Waals surface area contributed by atoms with Crippen LogP contribution in [-0.4, -0.2) is 43.9 Å². The molecule has 0 amide bonds. The van der Waals surface area contributed by atoms with Crippen LogP contribution >= 0.6 is 0 Å². The summed E-state index contributed by atoms with van der Waals surface area (Å²) in [7, 11) is 0. The zero-order valence-corrected chi connectivity index (χ0v) is 10.2. The van der Waals surface area contributed by atoms with Gasteiger partial charge in [0.2, 0.25) is 0 Å². The third-order valence-corrected chi connectivity index (χ3v) is 4.05. The fourth-order valence-corrected chi connectivity index (χ4v) is 2.29. The maximum Gasteiger partial charge on any atom is 0.175 e. The Morgan fingerprint density at radius 3 is 2.38 bits per heavy atom. The first-order chi connectivity index (χ1) is 7.70. The molecule has 2 aliphatic heterocycles. The van der Waals surface area contributed by atoms with Crippen LogP contribution in [0.4, 0.5) is 0 Å². The van der Waals surface area contributed by atoms with Crippen molar-refractivity contribution in [1.82, 2.24) is 0 Å². The molecule has 0 radical (unpaired) electrons. The topological polar surface area (TPSA) is 47.9 Å². The summed E-state index contributed by atoms with van der Waals surface area (Å²) in [5, 5.41) is 9.23. The molecule has 4 heteroatoms. The maximum atomic E-state index is 9.23. The van der Waals surface area contributed by atoms with Gasteiger partial charge in [-0.3, -0.25) is 0 Å². The van der Waals surface area contributed by atoms with Crippen LogP contribution in [0.1, 0.15) is 26.7 Å². The lowest BCUT2D eigenvalue weighted by molar-refractivity contribution is -0.367. The minimum atomic E-state index is -0.535. The zero-order valence-electron chi connectivity index (χ0n) is 10.2. The first-order valence-corrected chi connectivity index (χ1v) is 6.17. The van der Waals surface area contributed by atoms with Gasteiger partial charge in [-0.05, 0) is 12.8 Å². The summed E-state index contributed by atoms with van der Waals surface area (Å²) >= 11 is 0. The Morgan fingerprint density at radius 1 is 1.31 bits per heavy atom. The molecule has 0 saturated carbocycles. The molecule has 0 spiro atoms. The molecule has 94 valence electrons. The predicted molar refractivity (Wildman–Crippen MR) is 59.0 cm³/mol. The largest absolute Gasteiger partial charge is 0.396 e. The Balaban J connectivity index is 1.88. The Kier molecular flexibility index (Phi) is 3.54. The summed E-state index contributed by atoms with van der Waals surface area (Å²) in [4.78, 5) is 0. The highest BCUT2D eigenvalue weighted by molar-refractivity contribution is 4.90. The van der Waals surface area contributed by atoms with Crippen molar-refractivity contribution < 1.29 is 19.3 Å². The van der Waals surface area contributed by atoms with Gasteiger partial charge in [0.15, 0.2) is 5.79 Å². The second-order valence-corrected chi connectivity index (χ2v) is 4.99. The van der Waals surface area contributed by atoms with Gasteiger partial charge in [-0.2, -0.15) is 0 Å². The molecule has 1 N–H and O–H groups in total. The van der Waals surface area contributed by atoms with E-state index >= 15 is 0 Å². The molecule has 0 aromatic rings. The van der Waals surface area contributed by atoms with Crippen LogP contribution in [0, 0.1) is 11.3 Å². The molecule has 0 aliphatic carbocycles. The molecule has 0 aromatic heterocycles. The Hall–Kier alpha value is -0.160. The second-order valence-electron chi connectivity index (χ2n) is 4.99. The third-order valence-electron chi connectivity index (χ3n) is 4.05. The summed E-state index contributed by atoms with van der Waals surface area (Å²) in [5.41, 5.74) is 0.182. The fourth-order valence-electron chi connectivity index (χ4n) is 2.29. The first-order valence-electron chi connectivity index (χ1n) is 6.17. The molecule has 2 rings (SSSR count). The normalized spacial score (nSPS) is 36.6. The van der Waals surface area contributed by atoms with E-state index < -0.39 is 5.79 Å². The van der Waals surface area contributed by atoms with Gasteiger partial charge in [0.25, 0.3) is 0 Å². The van der Waals surface area contributed by atoms with Crippen LogP contribution in [0.25, 0.3) is 0 Å². The molecule has 2 saturated heterocycles. The Bertz CT molecular complexity index is 228. The van der Waals surface area contributed by atoms with Gasteiger partial charge in [-0.25, -0.2) is 0 Å². The minimum Gasteiger partial charge on any atom is -0.396 e. The van der Waals surface area contributed by atoms with Crippen molar-refractivity contribution in [3.05, 3.63) is 0 Å². The van der Waals surface area contributed by atoms with E-state index in [1.807, 2.05) is 6.92 Å². The molecule has 16 heavy (non-hydrogen) atoms.